The summed E-state index contributed by atoms with van der Waals surface area (Å²) in [5.41, 5.74) is 1.83. The molecule has 6 heteroatoms. The van der Waals surface area contributed by atoms with Crippen LogP contribution in [0.3, 0.4) is 0 Å². The highest BCUT2D eigenvalue weighted by Gasteiger charge is 2.35. The van der Waals surface area contributed by atoms with Gasteiger partial charge in [-0.15, -0.1) is 0 Å². The molecule has 1 saturated heterocycles. The van der Waals surface area contributed by atoms with E-state index >= 15 is 0 Å². The maximum Gasteiger partial charge on any atom is 0.308 e. The quantitative estimate of drug-likeness (QED) is 0.758. The molecule has 1 heterocycles. The molecular formula is C15H19IN2O3. The number of aryl methyl sites for hydroxylation is 1. The van der Waals surface area contributed by atoms with Crippen LogP contribution in [0.15, 0.2) is 18.2 Å². The van der Waals surface area contributed by atoms with E-state index in [1.54, 1.807) is 0 Å². The van der Waals surface area contributed by atoms with Gasteiger partial charge in [-0.3, -0.25) is 14.5 Å². The van der Waals surface area contributed by atoms with Crippen molar-refractivity contribution in [2.24, 2.45) is 11.8 Å². The second kappa shape index (κ2) is 6.74. The van der Waals surface area contributed by atoms with Crippen LogP contribution in [0.4, 0.5) is 5.69 Å². The molecular weight excluding hydrogens is 383 g/mol. The average molecular weight is 402 g/mol. The van der Waals surface area contributed by atoms with E-state index in [0.717, 1.165) is 14.8 Å². The molecule has 0 aliphatic carbocycles. The third-order valence-corrected chi connectivity index (χ3v) is 4.51. The SMILES string of the molecule is Cc1cc(I)ccc1NC(=O)CN1CC(C)C(C(=O)O)C1. The van der Waals surface area contributed by atoms with Crippen LogP contribution in [-0.2, 0) is 9.59 Å². The zero-order valence-corrected chi connectivity index (χ0v) is 14.3. The van der Waals surface area contributed by atoms with Crippen molar-refractivity contribution >= 4 is 40.2 Å². The van der Waals surface area contributed by atoms with Gasteiger partial charge in [-0.2, -0.15) is 0 Å². The number of carbonyl (C=O) groups excluding carboxylic acids is 1. The van der Waals surface area contributed by atoms with Gasteiger partial charge >= 0.3 is 5.97 Å². The summed E-state index contributed by atoms with van der Waals surface area (Å²) in [6, 6.07) is 5.85. The van der Waals surface area contributed by atoms with E-state index in [4.69, 9.17) is 5.11 Å². The first-order chi connectivity index (χ1) is 9.86. The summed E-state index contributed by atoms with van der Waals surface area (Å²) in [6.07, 6.45) is 0. The Morgan fingerprint density at radius 1 is 1.43 bits per heavy atom. The molecule has 1 amide bonds. The van der Waals surface area contributed by atoms with Crippen LogP contribution >= 0.6 is 22.6 Å². The van der Waals surface area contributed by atoms with Crippen LogP contribution in [0, 0.1) is 22.3 Å². The number of halogens is 1. The molecule has 1 aromatic rings. The Balaban J connectivity index is 1.92. The molecule has 0 bridgehead atoms. The van der Waals surface area contributed by atoms with Gasteiger partial charge in [0.05, 0.1) is 12.5 Å². The smallest absolute Gasteiger partial charge is 0.308 e. The van der Waals surface area contributed by atoms with Gasteiger partial charge in [0.25, 0.3) is 0 Å². The second-order valence-electron chi connectivity index (χ2n) is 5.62. The molecule has 0 saturated carbocycles. The van der Waals surface area contributed by atoms with E-state index in [9.17, 15) is 9.59 Å². The Morgan fingerprint density at radius 2 is 2.14 bits per heavy atom. The minimum Gasteiger partial charge on any atom is -0.481 e. The number of carboxylic acid groups (broad SMARTS) is 1. The standard InChI is InChI=1S/C15H19IN2O3/c1-9-5-11(16)3-4-13(9)17-14(19)8-18-6-10(2)12(7-18)15(20)21/h3-5,10,12H,6-8H2,1-2H3,(H,17,19)(H,20,21). The Hall–Kier alpha value is -1.15. The van der Waals surface area contributed by atoms with Crippen LogP contribution in [0.5, 0.6) is 0 Å². The Bertz CT molecular complexity index is 562. The molecule has 2 unspecified atom stereocenters. The summed E-state index contributed by atoms with van der Waals surface area (Å²) in [5.74, 6) is -1.18. The van der Waals surface area contributed by atoms with E-state index in [1.165, 1.54) is 0 Å². The van der Waals surface area contributed by atoms with Crippen molar-refractivity contribution in [3.63, 3.8) is 0 Å². The maximum absolute atomic E-state index is 12.1. The Labute approximate surface area is 137 Å². The number of nitrogens with one attached hydrogen (secondary N) is 1. The molecule has 1 aromatic carbocycles. The first-order valence-corrected chi connectivity index (χ1v) is 7.96. The number of rotatable bonds is 4. The maximum atomic E-state index is 12.1. The number of amides is 1. The van der Waals surface area contributed by atoms with Crippen LogP contribution in [0.1, 0.15) is 12.5 Å². The number of carboxylic acids is 1. The van der Waals surface area contributed by atoms with Gasteiger partial charge in [-0.05, 0) is 59.2 Å². The lowest BCUT2D eigenvalue weighted by Gasteiger charge is -2.15. The zero-order valence-electron chi connectivity index (χ0n) is 12.1. The highest BCUT2D eigenvalue weighted by atomic mass is 127. The number of aliphatic carboxylic acids is 1. The molecule has 1 aliphatic heterocycles. The largest absolute Gasteiger partial charge is 0.481 e. The highest BCUT2D eigenvalue weighted by molar-refractivity contribution is 14.1. The van der Waals surface area contributed by atoms with Crippen LogP contribution in [0.25, 0.3) is 0 Å². The summed E-state index contributed by atoms with van der Waals surface area (Å²) < 4.78 is 1.13. The molecule has 5 nitrogen and oxygen atoms in total. The fourth-order valence-corrected chi connectivity index (χ4v) is 3.32. The average Bonchev–Trinajstić information content (AvgIpc) is 2.74. The van der Waals surface area contributed by atoms with E-state index in [1.807, 2.05) is 36.9 Å². The minimum atomic E-state index is -0.779. The highest BCUT2D eigenvalue weighted by Crippen LogP contribution is 2.23. The molecule has 0 spiro atoms. The van der Waals surface area contributed by atoms with E-state index in [0.29, 0.717) is 13.1 Å². The van der Waals surface area contributed by atoms with Gasteiger partial charge in [0, 0.05) is 22.3 Å². The lowest BCUT2D eigenvalue weighted by Crippen LogP contribution is -2.32. The molecule has 2 atom stereocenters. The van der Waals surface area contributed by atoms with Crippen molar-refractivity contribution < 1.29 is 14.7 Å². The number of nitrogens with zero attached hydrogens (tertiary/aromatic N) is 1. The van der Waals surface area contributed by atoms with E-state index < -0.39 is 5.97 Å². The summed E-state index contributed by atoms with van der Waals surface area (Å²) in [7, 11) is 0. The van der Waals surface area contributed by atoms with Crippen LogP contribution in [0.2, 0.25) is 0 Å². The number of hydrogen-bond donors (Lipinski definition) is 2. The van der Waals surface area contributed by atoms with Crippen molar-refractivity contribution in [2.75, 3.05) is 25.0 Å². The number of anilines is 1. The summed E-state index contributed by atoms with van der Waals surface area (Å²) in [4.78, 5) is 25.1. The summed E-state index contributed by atoms with van der Waals surface area (Å²) >= 11 is 2.23. The van der Waals surface area contributed by atoms with Gasteiger partial charge in [0.2, 0.25) is 5.91 Å². The lowest BCUT2D eigenvalue weighted by atomic mass is 9.99. The van der Waals surface area contributed by atoms with Crippen molar-refractivity contribution in [2.45, 2.75) is 13.8 Å². The summed E-state index contributed by atoms with van der Waals surface area (Å²) in [6.45, 7) is 5.20. The van der Waals surface area contributed by atoms with E-state index in [-0.39, 0.29) is 24.3 Å². The van der Waals surface area contributed by atoms with Crippen LogP contribution in [-0.4, -0.2) is 41.5 Å². The molecule has 2 N–H and O–H groups in total. The number of hydrogen-bond acceptors (Lipinski definition) is 3. The van der Waals surface area contributed by atoms with Crippen molar-refractivity contribution in [1.29, 1.82) is 0 Å². The van der Waals surface area contributed by atoms with Crippen LogP contribution < -0.4 is 5.32 Å². The number of carbonyl (C=O) groups is 2. The lowest BCUT2D eigenvalue weighted by molar-refractivity contribution is -0.142. The zero-order chi connectivity index (χ0) is 15.6. The predicted octanol–water partition coefficient (Wildman–Crippen LogP) is 2.19. The van der Waals surface area contributed by atoms with Crippen molar-refractivity contribution in [3.05, 3.63) is 27.3 Å². The molecule has 1 fully saturated rings. The third kappa shape index (κ3) is 4.16. The molecule has 0 aromatic heterocycles. The first-order valence-electron chi connectivity index (χ1n) is 6.88. The van der Waals surface area contributed by atoms with E-state index in [2.05, 4.69) is 27.9 Å². The molecule has 114 valence electrons. The van der Waals surface area contributed by atoms with Gasteiger partial charge in [0.15, 0.2) is 0 Å². The topological polar surface area (TPSA) is 69.6 Å². The monoisotopic (exact) mass is 402 g/mol. The van der Waals surface area contributed by atoms with Crippen molar-refractivity contribution in [3.8, 4) is 0 Å². The fourth-order valence-electron chi connectivity index (χ4n) is 2.68. The molecule has 2 rings (SSSR count). The van der Waals surface area contributed by atoms with Crippen molar-refractivity contribution in [1.82, 2.24) is 4.90 Å². The Kier molecular flexibility index (Phi) is 5.21. The second-order valence-corrected chi connectivity index (χ2v) is 6.87. The fraction of sp³-hybridized carbons (Fsp3) is 0.467. The molecule has 0 radical (unpaired) electrons. The van der Waals surface area contributed by atoms with Gasteiger partial charge in [0.1, 0.15) is 0 Å². The molecule has 21 heavy (non-hydrogen) atoms. The Morgan fingerprint density at radius 3 is 2.71 bits per heavy atom. The normalized spacial score (nSPS) is 22.2. The van der Waals surface area contributed by atoms with Gasteiger partial charge in [-0.1, -0.05) is 6.92 Å². The van der Waals surface area contributed by atoms with Gasteiger partial charge in [-0.25, -0.2) is 0 Å². The third-order valence-electron chi connectivity index (χ3n) is 3.83. The first kappa shape index (κ1) is 16.2. The molecule has 1 aliphatic rings. The van der Waals surface area contributed by atoms with Gasteiger partial charge < -0.3 is 10.4 Å². The number of likely N-dealkylation sites (tertiary alicyclic amines) is 1. The number of benzene rings is 1. The minimum absolute atomic E-state index is 0.0790. The predicted molar refractivity (Wildman–Crippen MR) is 89.3 cm³/mol. The summed E-state index contributed by atoms with van der Waals surface area (Å²) in [5, 5.41) is 12.0.